The summed E-state index contributed by atoms with van der Waals surface area (Å²) in [5, 5.41) is 5.57. The molecule has 2 aromatic carbocycles. The van der Waals surface area contributed by atoms with Gasteiger partial charge in [-0.1, -0.05) is 24.3 Å². The molecule has 10 heteroatoms. The van der Waals surface area contributed by atoms with E-state index in [0.717, 1.165) is 30.8 Å². The summed E-state index contributed by atoms with van der Waals surface area (Å²) in [6.07, 6.45) is 5.24. The number of methoxy groups -OCH3 is 1. The fourth-order valence-corrected chi connectivity index (χ4v) is 4.72. The van der Waals surface area contributed by atoms with Gasteiger partial charge in [-0.05, 0) is 61.1 Å². The second-order valence-electron chi connectivity index (χ2n) is 9.62. The van der Waals surface area contributed by atoms with Crippen molar-refractivity contribution in [3.8, 4) is 5.75 Å². The molecule has 2 aliphatic heterocycles. The monoisotopic (exact) mass is 515 g/mol. The van der Waals surface area contributed by atoms with Crippen LogP contribution in [0.1, 0.15) is 42.0 Å². The van der Waals surface area contributed by atoms with E-state index in [9.17, 15) is 9.59 Å². The molecule has 3 aromatic rings. The van der Waals surface area contributed by atoms with Gasteiger partial charge in [0.15, 0.2) is 5.82 Å². The SMILES string of the molecule is COc1ccc(CNc2nc(CCc3ccc(N4CCCCC4)cc3)nc(CN3CC(=O)NC3=O)n2)cc1. The number of carbonyl (C=O) groups is 2. The van der Waals surface area contributed by atoms with Crippen LogP contribution in [0.2, 0.25) is 0 Å². The number of aryl methyl sites for hydroxylation is 2. The average molecular weight is 516 g/mol. The topological polar surface area (TPSA) is 113 Å². The van der Waals surface area contributed by atoms with Crippen LogP contribution in [0.3, 0.4) is 0 Å². The lowest BCUT2D eigenvalue weighted by molar-refractivity contribution is -0.118. The Morgan fingerprint density at radius 2 is 1.58 bits per heavy atom. The Balaban J connectivity index is 1.27. The number of ether oxygens (including phenoxy) is 1. The number of rotatable bonds is 10. The van der Waals surface area contributed by atoms with E-state index in [2.05, 4.69) is 54.8 Å². The molecule has 10 nitrogen and oxygen atoms in total. The van der Waals surface area contributed by atoms with Crippen LogP contribution in [-0.4, -0.2) is 58.5 Å². The normalized spacial score (nSPS) is 15.5. The molecule has 0 aliphatic carbocycles. The maximum Gasteiger partial charge on any atom is 0.324 e. The first-order chi connectivity index (χ1) is 18.6. The first kappa shape index (κ1) is 25.4. The Bertz CT molecular complexity index is 1260. The summed E-state index contributed by atoms with van der Waals surface area (Å²) in [6.45, 7) is 2.90. The highest BCUT2D eigenvalue weighted by Gasteiger charge is 2.27. The van der Waals surface area contributed by atoms with Gasteiger partial charge in [0.25, 0.3) is 0 Å². The van der Waals surface area contributed by atoms with Gasteiger partial charge in [-0.15, -0.1) is 0 Å². The zero-order valence-electron chi connectivity index (χ0n) is 21.7. The molecule has 2 saturated heterocycles. The first-order valence-electron chi connectivity index (χ1n) is 13.1. The minimum Gasteiger partial charge on any atom is -0.497 e. The van der Waals surface area contributed by atoms with Crippen LogP contribution < -0.4 is 20.3 Å². The second kappa shape index (κ2) is 11.9. The Morgan fingerprint density at radius 1 is 0.868 bits per heavy atom. The Labute approximate surface area is 222 Å². The maximum atomic E-state index is 12.1. The molecule has 2 fully saturated rings. The molecule has 3 heterocycles. The van der Waals surface area contributed by atoms with Gasteiger partial charge < -0.3 is 19.9 Å². The van der Waals surface area contributed by atoms with Crippen molar-refractivity contribution in [2.24, 2.45) is 0 Å². The Hall–Kier alpha value is -4.21. The number of urea groups is 1. The molecule has 3 amide bonds. The molecule has 5 rings (SSSR count). The van der Waals surface area contributed by atoms with Gasteiger partial charge in [0.05, 0.1) is 13.7 Å². The molecule has 198 valence electrons. The van der Waals surface area contributed by atoms with Gasteiger partial charge in [0.1, 0.15) is 18.1 Å². The number of aromatic nitrogens is 3. The van der Waals surface area contributed by atoms with Crippen LogP contribution in [0.4, 0.5) is 16.4 Å². The Morgan fingerprint density at radius 3 is 2.26 bits per heavy atom. The molecular formula is C28H33N7O3. The molecule has 0 radical (unpaired) electrons. The third kappa shape index (κ3) is 6.56. The lowest BCUT2D eigenvalue weighted by Crippen LogP contribution is -2.29. The number of imide groups is 1. The summed E-state index contributed by atoms with van der Waals surface area (Å²) in [7, 11) is 1.64. The summed E-state index contributed by atoms with van der Waals surface area (Å²) in [4.78, 5) is 41.3. The van der Waals surface area contributed by atoms with E-state index in [1.54, 1.807) is 7.11 Å². The number of hydrogen-bond donors (Lipinski definition) is 2. The third-order valence-electron chi connectivity index (χ3n) is 6.83. The number of piperidine rings is 1. The minimum absolute atomic E-state index is 0.00216. The Kier molecular flexibility index (Phi) is 7.96. The van der Waals surface area contributed by atoms with Crippen LogP contribution in [0.15, 0.2) is 48.5 Å². The van der Waals surface area contributed by atoms with Crippen LogP contribution in [0.25, 0.3) is 0 Å². The van der Waals surface area contributed by atoms with E-state index >= 15 is 0 Å². The highest BCUT2D eigenvalue weighted by atomic mass is 16.5. The average Bonchev–Trinajstić information content (AvgIpc) is 3.27. The highest BCUT2D eigenvalue weighted by molar-refractivity contribution is 6.01. The van der Waals surface area contributed by atoms with Crippen LogP contribution in [0, 0.1) is 0 Å². The molecular weight excluding hydrogens is 482 g/mol. The molecule has 1 aromatic heterocycles. The van der Waals surface area contributed by atoms with Crippen molar-refractivity contribution in [3.05, 3.63) is 71.3 Å². The lowest BCUT2D eigenvalue weighted by atomic mass is 10.1. The fraction of sp³-hybridized carbons (Fsp3) is 0.393. The van der Waals surface area contributed by atoms with Crippen molar-refractivity contribution in [2.45, 2.75) is 45.2 Å². The van der Waals surface area contributed by atoms with Crippen molar-refractivity contribution in [3.63, 3.8) is 0 Å². The number of anilines is 2. The number of carbonyl (C=O) groups excluding carboxylic acids is 2. The number of nitrogens with zero attached hydrogens (tertiary/aromatic N) is 5. The number of benzene rings is 2. The molecule has 0 bridgehead atoms. The predicted octanol–water partition coefficient (Wildman–Crippen LogP) is 3.32. The molecule has 38 heavy (non-hydrogen) atoms. The number of nitrogens with one attached hydrogen (secondary N) is 2. The number of amides is 3. The molecule has 0 saturated carbocycles. The molecule has 0 spiro atoms. The largest absolute Gasteiger partial charge is 0.497 e. The second-order valence-corrected chi connectivity index (χ2v) is 9.62. The van der Waals surface area contributed by atoms with Crippen molar-refractivity contribution in [1.29, 1.82) is 0 Å². The van der Waals surface area contributed by atoms with E-state index < -0.39 is 6.03 Å². The zero-order chi connectivity index (χ0) is 26.3. The predicted molar refractivity (Wildman–Crippen MR) is 144 cm³/mol. The van der Waals surface area contributed by atoms with E-state index in [1.165, 1.54) is 35.4 Å². The van der Waals surface area contributed by atoms with Gasteiger partial charge in [-0.3, -0.25) is 10.1 Å². The fourth-order valence-electron chi connectivity index (χ4n) is 4.72. The first-order valence-corrected chi connectivity index (χ1v) is 13.1. The maximum absolute atomic E-state index is 12.1. The van der Waals surface area contributed by atoms with Crippen molar-refractivity contribution in [2.75, 3.05) is 37.0 Å². The van der Waals surface area contributed by atoms with Gasteiger partial charge >= 0.3 is 6.03 Å². The summed E-state index contributed by atoms with van der Waals surface area (Å²) in [5.41, 5.74) is 3.54. The minimum atomic E-state index is -0.432. The van der Waals surface area contributed by atoms with Crippen LogP contribution >= 0.6 is 0 Å². The summed E-state index contributed by atoms with van der Waals surface area (Å²) < 4.78 is 5.23. The van der Waals surface area contributed by atoms with E-state index in [0.29, 0.717) is 30.6 Å². The van der Waals surface area contributed by atoms with E-state index in [-0.39, 0.29) is 19.0 Å². The molecule has 2 N–H and O–H groups in total. The molecule has 0 unspecified atom stereocenters. The van der Waals surface area contributed by atoms with Crippen LogP contribution in [-0.2, 0) is 30.7 Å². The van der Waals surface area contributed by atoms with Crippen LogP contribution in [0.5, 0.6) is 5.75 Å². The van der Waals surface area contributed by atoms with Gasteiger partial charge in [-0.25, -0.2) is 9.78 Å². The van der Waals surface area contributed by atoms with Gasteiger partial charge in [0, 0.05) is 31.7 Å². The van der Waals surface area contributed by atoms with Gasteiger partial charge in [-0.2, -0.15) is 9.97 Å². The highest BCUT2D eigenvalue weighted by Crippen LogP contribution is 2.21. The van der Waals surface area contributed by atoms with E-state index in [4.69, 9.17) is 4.74 Å². The molecule has 2 aliphatic rings. The van der Waals surface area contributed by atoms with Gasteiger partial charge in [0.2, 0.25) is 11.9 Å². The standard InChI is InChI=1S/C28H33N7O3/c1-38-23-12-7-21(8-13-23)17-29-27-31-24(30-25(32-27)18-35-19-26(36)33-28(35)37)14-9-20-5-10-22(11-6-20)34-15-3-2-4-16-34/h5-8,10-13H,2-4,9,14-19H2,1H3,(H,33,36,37)(H,29,30,31,32). The lowest BCUT2D eigenvalue weighted by Gasteiger charge is -2.28. The molecule has 0 atom stereocenters. The number of hydrogen-bond acceptors (Lipinski definition) is 8. The third-order valence-corrected chi connectivity index (χ3v) is 6.83. The van der Waals surface area contributed by atoms with E-state index in [1.807, 2.05) is 24.3 Å². The summed E-state index contributed by atoms with van der Waals surface area (Å²) in [6, 6.07) is 16.1. The van der Waals surface area contributed by atoms with Crippen molar-refractivity contribution < 1.29 is 14.3 Å². The smallest absolute Gasteiger partial charge is 0.324 e. The zero-order valence-corrected chi connectivity index (χ0v) is 21.7. The van der Waals surface area contributed by atoms with Crippen molar-refractivity contribution >= 4 is 23.6 Å². The van der Waals surface area contributed by atoms with Crippen molar-refractivity contribution in [1.82, 2.24) is 25.2 Å². The summed E-state index contributed by atoms with van der Waals surface area (Å²) in [5.74, 6) is 1.99. The summed E-state index contributed by atoms with van der Waals surface area (Å²) >= 11 is 0. The quantitative estimate of drug-likeness (QED) is 0.396.